The number of hydrogen-bond acceptors (Lipinski definition) is 6. The van der Waals surface area contributed by atoms with E-state index in [-0.39, 0.29) is 16.1 Å². The Hall–Kier alpha value is -2.17. The van der Waals surface area contributed by atoms with E-state index in [0.717, 1.165) is 6.21 Å². The molecule has 0 saturated heterocycles. The first kappa shape index (κ1) is 17.2. The molecule has 1 atom stereocenters. The molecule has 2 aromatic carbocycles. The van der Waals surface area contributed by atoms with Gasteiger partial charge in [-0.3, -0.25) is 0 Å². The minimum atomic E-state index is -3.89. The third-order valence-electron chi connectivity index (χ3n) is 2.80. The lowest BCUT2D eigenvalue weighted by Crippen LogP contribution is -2.99. The monoisotopic (exact) mass is 357 g/mol. The Bertz CT molecular complexity index is 822. The molecular formula is C13H12ClN3O5S. The summed E-state index contributed by atoms with van der Waals surface area (Å²) < 4.78 is 23.9. The smallest absolute Gasteiger partial charge is 0.276 e. The van der Waals surface area contributed by atoms with Crippen LogP contribution < -0.4 is 10.1 Å². The van der Waals surface area contributed by atoms with Crippen LogP contribution in [0.1, 0.15) is 5.56 Å². The number of hydrogen-bond donors (Lipinski definition) is 4. The molecule has 0 bridgehead atoms. The highest BCUT2D eigenvalue weighted by Crippen LogP contribution is 2.22. The van der Waals surface area contributed by atoms with Crippen LogP contribution in [0.25, 0.3) is 0 Å². The third kappa shape index (κ3) is 4.18. The van der Waals surface area contributed by atoms with Crippen LogP contribution in [-0.2, 0) is 10.0 Å². The quantitative estimate of drug-likeness (QED) is 0.357. The molecule has 8 nitrogen and oxygen atoms in total. The maximum absolute atomic E-state index is 12.0. The van der Waals surface area contributed by atoms with Crippen LogP contribution in [0.3, 0.4) is 0 Å². The number of phenols is 1. The Labute approximate surface area is 136 Å². The van der Waals surface area contributed by atoms with Gasteiger partial charge in [-0.25, -0.2) is 10.0 Å². The van der Waals surface area contributed by atoms with Crippen molar-refractivity contribution in [2.45, 2.75) is 4.90 Å². The minimum absolute atomic E-state index is 0.0393. The van der Waals surface area contributed by atoms with Crippen LogP contribution in [0.2, 0.25) is 5.02 Å². The van der Waals surface area contributed by atoms with Crippen molar-refractivity contribution in [3.8, 4) is 5.75 Å². The highest BCUT2D eigenvalue weighted by atomic mass is 35.5. The van der Waals surface area contributed by atoms with Crippen LogP contribution in [-0.4, -0.2) is 24.9 Å². The van der Waals surface area contributed by atoms with Gasteiger partial charge in [0.1, 0.15) is 0 Å². The van der Waals surface area contributed by atoms with Crippen molar-refractivity contribution in [3.63, 3.8) is 0 Å². The van der Waals surface area contributed by atoms with Gasteiger partial charge in [-0.15, -0.1) is 0 Å². The molecule has 0 saturated carbocycles. The van der Waals surface area contributed by atoms with Gasteiger partial charge in [0.05, 0.1) is 11.1 Å². The summed E-state index contributed by atoms with van der Waals surface area (Å²) in [6, 6.07) is 9.46. The van der Waals surface area contributed by atoms with E-state index in [9.17, 15) is 18.7 Å². The Morgan fingerprint density at radius 2 is 1.87 bits per heavy atom. The maximum Gasteiger partial charge on any atom is 0.276 e. The maximum atomic E-state index is 12.0. The van der Waals surface area contributed by atoms with Crippen molar-refractivity contribution < 1.29 is 24.0 Å². The second kappa shape index (κ2) is 6.94. The topological polar surface area (TPSA) is 126 Å². The molecule has 2 aromatic rings. The van der Waals surface area contributed by atoms with Gasteiger partial charge in [-0.2, -0.15) is 18.7 Å². The molecule has 4 N–H and O–H groups in total. The Morgan fingerprint density at radius 1 is 1.22 bits per heavy atom. The average Bonchev–Trinajstić information content (AvgIpc) is 2.49. The fraction of sp³-hybridized carbons (Fsp3) is 0. The highest BCUT2D eigenvalue weighted by Gasteiger charge is 2.13. The Balaban J connectivity index is 2.19. The van der Waals surface area contributed by atoms with Crippen molar-refractivity contribution in [1.29, 1.82) is 0 Å². The Kier molecular flexibility index (Phi) is 5.19. The standard InChI is InChI=1S/C13H12ClN3O5S/c14-10-4-6-11(7-5-10)23(21,22)16-15-8-9-2-1-3-12(13(9)18)17(19)20/h1-8,16-19H/b15-8+. The number of para-hydroxylation sites is 1. The predicted octanol–water partition coefficient (Wildman–Crippen LogP) is 0.761. The zero-order chi connectivity index (χ0) is 17.0. The number of benzene rings is 2. The molecular weight excluding hydrogens is 346 g/mol. The molecule has 0 radical (unpaired) electrons. The van der Waals surface area contributed by atoms with Crippen molar-refractivity contribution in [1.82, 2.24) is 4.83 Å². The average molecular weight is 358 g/mol. The summed E-state index contributed by atoms with van der Waals surface area (Å²) in [5.74, 6) is -0.505. The second-order valence-corrected chi connectivity index (χ2v) is 6.45. The lowest BCUT2D eigenvalue weighted by Gasteiger charge is -2.13. The van der Waals surface area contributed by atoms with Gasteiger partial charge in [-0.05, 0) is 30.3 Å². The van der Waals surface area contributed by atoms with Crippen LogP contribution >= 0.6 is 11.6 Å². The molecule has 0 heterocycles. The zero-order valence-electron chi connectivity index (χ0n) is 11.5. The summed E-state index contributed by atoms with van der Waals surface area (Å²) in [5.41, 5.74) is -0.252. The summed E-state index contributed by atoms with van der Waals surface area (Å²) in [6.07, 6.45) is 1.01. The molecule has 0 fully saturated rings. The fourth-order valence-corrected chi connectivity index (χ4v) is 2.59. The van der Waals surface area contributed by atoms with E-state index in [2.05, 4.69) is 5.10 Å². The van der Waals surface area contributed by atoms with Crippen molar-refractivity contribution in [3.05, 3.63) is 58.3 Å². The number of quaternary nitrogens is 1. The largest absolute Gasteiger partial charge is 0.595 e. The first-order valence-electron chi connectivity index (χ1n) is 6.17. The number of sulfonamides is 1. The molecule has 0 amide bonds. The van der Waals surface area contributed by atoms with E-state index < -0.39 is 21.0 Å². The molecule has 0 spiro atoms. The summed E-state index contributed by atoms with van der Waals surface area (Å²) >= 11 is 5.68. The van der Waals surface area contributed by atoms with Gasteiger partial charge in [0, 0.05) is 16.7 Å². The van der Waals surface area contributed by atoms with E-state index in [0.29, 0.717) is 5.02 Å². The third-order valence-corrected chi connectivity index (χ3v) is 4.29. The van der Waals surface area contributed by atoms with Crippen molar-refractivity contribution in [2.24, 2.45) is 5.10 Å². The SMILES string of the molecule is O=S(=O)(N/N=C/c1cccc([NH+]([O-])O)c1O)c1ccc(Cl)cc1. The van der Waals surface area contributed by atoms with Gasteiger partial charge in [-0.1, -0.05) is 17.7 Å². The number of halogens is 1. The first-order chi connectivity index (χ1) is 10.8. The number of hydrazone groups is 1. The molecule has 0 aromatic heterocycles. The van der Waals surface area contributed by atoms with E-state index in [1.54, 1.807) is 0 Å². The first-order valence-corrected chi connectivity index (χ1v) is 8.03. The molecule has 1 unspecified atom stereocenters. The van der Waals surface area contributed by atoms with E-state index in [1.807, 2.05) is 4.83 Å². The second-order valence-electron chi connectivity index (χ2n) is 4.36. The van der Waals surface area contributed by atoms with E-state index in [4.69, 9.17) is 16.8 Å². The van der Waals surface area contributed by atoms with Crippen LogP contribution in [0, 0.1) is 5.21 Å². The van der Waals surface area contributed by atoms with E-state index >= 15 is 0 Å². The van der Waals surface area contributed by atoms with Crippen LogP contribution in [0.15, 0.2) is 52.5 Å². The van der Waals surface area contributed by atoms with Crippen molar-refractivity contribution >= 4 is 33.5 Å². The molecule has 23 heavy (non-hydrogen) atoms. The lowest BCUT2D eigenvalue weighted by molar-refractivity contribution is -0.991. The molecule has 0 aliphatic heterocycles. The summed E-state index contributed by atoms with van der Waals surface area (Å²) in [6.45, 7) is 0. The molecule has 0 aliphatic rings. The number of rotatable bonds is 5. The van der Waals surface area contributed by atoms with Gasteiger partial charge < -0.3 is 10.3 Å². The normalized spacial score (nSPS) is 13.2. The number of aromatic hydroxyl groups is 1. The van der Waals surface area contributed by atoms with Gasteiger partial charge in [0.2, 0.25) is 5.69 Å². The zero-order valence-corrected chi connectivity index (χ0v) is 13.0. The number of nitrogens with zero attached hydrogens (tertiary/aromatic N) is 1. The van der Waals surface area contributed by atoms with E-state index in [1.165, 1.54) is 42.5 Å². The predicted molar refractivity (Wildman–Crippen MR) is 83.3 cm³/mol. The van der Waals surface area contributed by atoms with Crippen LogP contribution in [0.4, 0.5) is 5.69 Å². The molecule has 0 aliphatic carbocycles. The summed E-state index contributed by atoms with van der Waals surface area (Å²) in [5, 5.41) is 32.2. The molecule has 122 valence electrons. The van der Waals surface area contributed by atoms with Gasteiger partial charge in [0.15, 0.2) is 5.75 Å². The molecule has 2 rings (SSSR count). The number of phenolic OH excluding ortho intramolecular Hbond substituents is 1. The lowest BCUT2D eigenvalue weighted by atomic mass is 10.2. The van der Waals surface area contributed by atoms with Crippen molar-refractivity contribution in [2.75, 3.05) is 0 Å². The minimum Gasteiger partial charge on any atom is -0.595 e. The molecule has 10 heteroatoms. The van der Waals surface area contributed by atoms with Gasteiger partial charge >= 0.3 is 0 Å². The van der Waals surface area contributed by atoms with Gasteiger partial charge in [0.25, 0.3) is 10.0 Å². The Morgan fingerprint density at radius 3 is 2.48 bits per heavy atom. The summed E-state index contributed by atoms with van der Waals surface area (Å²) in [7, 11) is -3.89. The van der Waals surface area contributed by atoms with Crippen LogP contribution in [0.5, 0.6) is 5.75 Å². The summed E-state index contributed by atoms with van der Waals surface area (Å²) in [4.78, 5) is 1.92. The highest BCUT2D eigenvalue weighted by molar-refractivity contribution is 7.89. The fourth-order valence-electron chi connectivity index (χ4n) is 1.67. The number of nitrogens with one attached hydrogen (secondary N) is 2.